The first-order valence-corrected chi connectivity index (χ1v) is 2.76. The molecule has 0 amide bonds. The van der Waals surface area contributed by atoms with Gasteiger partial charge in [-0.1, -0.05) is 0 Å². The number of anilines is 1. The number of hydrogen-bond donors (Lipinski definition) is 3. The Morgan fingerprint density at radius 3 is 2.25 bits per heavy atom. The van der Waals surface area contributed by atoms with E-state index in [1.54, 1.807) is 0 Å². The molecule has 0 saturated heterocycles. The van der Waals surface area contributed by atoms with E-state index in [0.717, 1.165) is 0 Å². The summed E-state index contributed by atoms with van der Waals surface area (Å²) in [6.45, 7) is 0. The second-order valence-corrected chi connectivity index (χ2v) is 1.60. The lowest BCUT2D eigenvalue weighted by atomic mass is 11.1. The Morgan fingerprint density at radius 1 is 1.42 bits per heavy atom. The van der Waals surface area contributed by atoms with Gasteiger partial charge in [0.15, 0.2) is 0 Å². The van der Waals surface area contributed by atoms with Crippen LogP contribution in [0.4, 0.5) is 5.95 Å². The van der Waals surface area contributed by atoms with Gasteiger partial charge in [-0.15, -0.1) is 9.77 Å². The van der Waals surface area contributed by atoms with Gasteiger partial charge in [-0.2, -0.15) is 15.6 Å². The third-order valence-corrected chi connectivity index (χ3v) is 0.839. The van der Waals surface area contributed by atoms with Crippen molar-refractivity contribution in [1.29, 1.82) is 0 Å². The van der Waals surface area contributed by atoms with Gasteiger partial charge in [0, 0.05) is 0 Å². The molecule has 10 nitrogen and oxygen atoms in total. The van der Waals surface area contributed by atoms with Crippen LogP contribution < -0.4 is 21.5 Å². The van der Waals surface area contributed by atoms with Crippen molar-refractivity contribution in [2.45, 2.75) is 0 Å². The standard InChI is InChI=1S/C2H5N5.N5/c3-2-6-5-1-7(2)4;1-2-4-5-3-1/h1H,4H2,(H2,3,6);/q;-1/p+1. The number of rotatable bonds is 0. The molecule has 0 spiro atoms. The maximum absolute atomic E-state index is 5.16. The van der Waals surface area contributed by atoms with Crippen molar-refractivity contribution in [3.63, 3.8) is 0 Å². The molecule has 0 unspecified atom stereocenters. The van der Waals surface area contributed by atoms with E-state index in [2.05, 4.69) is 36.3 Å². The van der Waals surface area contributed by atoms with Gasteiger partial charge in [-0.3, -0.25) is 5.84 Å². The van der Waals surface area contributed by atoms with Gasteiger partial charge in [0.1, 0.15) is 0 Å². The van der Waals surface area contributed by atoms with Crippen molar-refractivity contribution < 1.29 is 4.68 Å². The summed E-state index contributed by atoms with van der Waals surface area (Å²) in [6, 6.07) is 0. The van der Waals surface area contributed by atoms with Crippen LogP contribution in [0.1, 0.15) is 0 Å². The molecule has 2 heterocycles. The second kappa shape index (κ2) is 3.80. The highest BCUT2D eigenvalue weighted by molar-refractivity contribution is 4.98. The molecular formula is C2H6N10. The predicted octanol–water partition coefficient (Wildman–Crippen LogP) is -3.78. The maximum Gasteiger partial charge on any atom is 0.360 e. The summed E-state index contributed by atoms with van der Waals surface area (Å²) < 4.78 is 1.19. The molecule has 2 aromatic heterocycles. The van der Waals surface area contributed by atoms with E-state index in [1.807, 2.05) is 0 Å². The molecular weight excluding hydrogens is 164 g/mol. The molecule has 10 heteroatoms. The second-order valence-electron chi connectivity index (χ2n) is 1.60. The molecule has 0 aliphatic carbocycles. The number of aromatic nitrogens is 8. The molecule has 0 fully saturated rings. The van der Waals surface area contributed by atoms with Crippen molar-refractivity contribution in [2.75, 3.05) is 11.6 Å². The number of aromatic amines is 1. The van der Waals surface area contributed by atoms with E-state index in [-0.39, 0.29) is 0 Å². The van der Waals surface area contributed by atoms with Crippen molar-refractivity contribution in [3.8, 4) is 0 Å². The molecule has 0 saturated carbocycles. The molecule has 2 aromatic rings. The Balaban J connectivity index is 0.000000127. The molecule has 0 radical (unpaired) electrons. The molecule has 0 atom stereocenters. The van der Waals surface area contributed by atoms with Crippen molar-refractivity contribution in [3.05, 3.63) is 6.33 Å². The largest absolute Gasteiger partial charge is 0.360 e. The van der Waals surface area contributed by atoms with Crippen LogP contribution in [-0.2, 0) is 0 Å². The van der Waals surface area contributed by atoms with Gasteiger partial charge in [0.2, 0.25) is 0 Å². The Labute approximate surface area is 65.9 Å². The van der Waals surface area contributed by atoms with E-state index in [1.165, 1.54) is 11.0 Å². The molecule has 2 rings (SSSR count). The van der Waals surface area contributed by atoms with Crippen molar-refractivity contribution in [2.24, 2.45) is 0 Å². The smallest absolute Gasteiger partial charge is 0.306 e. The molecule has 5 N–H and O–H groups in total. The Hall–Kier alpha value is -2.26. The number of nitrogens with zero attached hydrogens (tertiary/aromatic N) is 7. The average Bonchev–Trinajstić information content (AvgIpc) is 2.67. The zero-order valence-electron chi connectivity index (χ0n) is 5.86. The molecule has 0 bridgehead atoms. The minimum atomic E-state index is 0.347. The first-order chi connectivity index (χ1) is 5.80. The van der Waals surface area contributed by atoms with Crippen molar-refractivity contribution >= 4 is 5.95 Å². The minimum absolute atomic E-state index is 0.347. The van der Waals surface area contributed by atoms with Crippen molar-refractivity contribution in [1.82, 2.24) is 36.3 Å². The lowest BCUT2D eigenvalue weighted by Gasteiger charge is -1.77. The van der Waals surface area contributed by atoms with Crippen LogP contribution in [-0.4, -0.2) is 31.1 Å². The first-order valence-electron chi connectivity index (χ1n) is 2.76. The number of nitrogens with two attached hydrogens (primary N) is 2. The Kier molecular flexibility index (Phi) is 2.48. The number of H-pyrrole nitrogens is 1. The zero-order chi connectivity index (χ0) is 8.81. The summed E-state index contributed by atoms with van der Waals surface area (Å²) in [6.07, 6.45) is 1.38. The topological polar surface area (TPSA) is 150 Å². The summed E-state index contributed by atoms with van der Waals surface area (Å²) in [5.41, 5.74) is 5.16. The summed E-state index contributed by atoms with van der Waals surface area (Å²) in [7, 11) is 0. The van der Waals surface area contributed by atoms with Gasteiger partial charge in [0.25, 0.3) is 6.33 Å². The summed E-state index contributed by atoms with van der Waals surface area (Å²) in [5, 5.41) is 20.9. The van der Waals surface area contributed by atoms with Crippen LogP contribution in [0.2, 0.25) is 0 Å². The third kappa shape index (κ3) is 2.17. The summed E-state index contributed by atoms with van der Waals surface area (Å²) in [4.78, 5) is 0. The van der Waals surface area contributed by atoms with Gasteiger partial charge in [-0.05, 0) is 5.10 Å². The Bertz CT molecular complexity index is 260. The molecule has 0 aliphatic heterocycles. The van der Waals surface area contributed by atoms with Crippen LogP contribution >= 0.6 is 0 Å². The third-order valence-electron chi connectivity index (χ3n) is 0.839. The van der Waals surface area contributed by atoms with Crippen LogP contribution in [0.25, 0.3) is 0 Å². The van der Waals surface area contributed by atoms with Crippen LogP contribution in [0, 0.1) is 0 Å². The van der Waals surface area contributed by atoms with E-state index in [9.17, 15) is 0 Å². The van der Waals surface area contributed by atoms with E-state index in [4.69, 9.17) is 11.6 Å². The first kappa shape index (κ1) is 7.84. The highest BCUT2D eigenvalue weighted by Crippen LogP contribution is 1.71. The van der Waals surface area contributed by atoms with E-state index >= 15 is 0 Å². The van der Waals surface area contributed by atoms with Crippen LogP contribution in [0.15, 0.2) is 6.33 Å². The lowest BCUT2D eigenvalue weighted by Crippen LogP contribution is -2.44. The predicted molar refractivity (Wildman–Crippen MR) is 34.3 cm³/mol. The highest BCUT2D eigenvalue weighted by Gasteiger charge is 1.96. The molecule has 64 valence electrons. The quantitative estimate of drug-likeness (QED) is 0.269. The van der Waals surface area contributed by atoms with Gasteiger partial charge >= 0.3 is 5.95 Å². The molecule has 0 aromatic carbocycles. The van der Waals surface area contributed by atoms with Gasteiger partial charge in [-0.25, -0.2) is 10.4 Å². The van der Waals surface area contributed by atoms with E-state index in [0.29, 0.717) is 5.95 Å². The van der Waals surface area contributed by atoms with E-state index < -0.39 is 0 Å². The fourth-order valence-corrected chi connectivity index (χ4v) is 0.367. The molecule has 12 heavy (non-hydrogen) atoms. The SMILES string of the molecule is Nc1[nH]nc[n+]1N.n1nn[n-]n1. The fraction of sp³-hybridized carbons (Fsp3) is 0. The zero-order valence-corrected chi connectivity index (χ0v) is 5.86. The number of hydrogen-bond acceptors (Lipinski definition) is 7. The summed E-state index contributed by atoms with van der Waals surface area (Å²) in [5.74, 6) is 5.48. The fourth-order valence-electron chi connectivity index (χ4n) is 0.367. The average molecular weight is 170 g/mol. The maximum atomic E-state index is 5.16. The van der Waals surface area contributed by atoms with Gasteiger partial charge < -0.3 is 5.73 Å². The van der Waals surface area contributed by atoms with Gasteiger partial charge in [0.05, 0.1) is 0 Å². The normalized spacial score (nSPS) is 8.67. The summed E-state index contributed by atoms with van der Waals surface area (Å²) >= 11 is 0. The number of nitrogen functional groups attached to an aromatic ring is 2. The lowest BCUT2D eigenvalue weighted by molar-refractivity contribution is -0.623. The van der Waals surface area contributed by atoms with Crippen LogP contribution in [0.5, 0.6) is 0 Å². The van der Waals surface area contributed by atoms with Crippen LogP contribution in [0.3, 0.4) is 0 Å². The Morgan fingerprint density at radius 2 is 2.08 bits per heavy atom. The molecule has 0 aliphatic rings. The highest BCUT2D eigenvalue weighted by atomic mass is 15.6. The monoisotopic (exact) mass is 170 g/mol. The minimum Gasteiger partial charge on any atom is -0.306 e. The number of nitrogens with one attached hydrogen (secondary N) is 1.